The van der Waals surface area contributed by atoms with Crippen LogP contribution in [0.2, 0.25) is 0 Å². The molecule has 124 valence electrons. The Labute approximate surface area is 143 Å². The van der Waals surface area contributed by atoms with Crippen LogP contribution < -0.4 is 4.74 Å². The quantitative estimate of drug-likeness (QED) is 0.775. The van der Waals surface area contributed by atoms with Crippen LogP contribution in [0, 0.1) is 17.1 Å². The van der Waals surface area contributed by atoms with Gasteiger partial charge in [-0.25, -0.2) is 9.18 Å². The van der Waals surface area contributed by atoms with E-state index in [-0.39, 0.29) is 17.1 Å². The average Bonchev–Trinajstić information content (AvgIpc) is 2.94. The highest BCUT2D eigenvalue weighted by Gasteiger charge is 2.21. The summed E-state index contributed by atoms with van der Waals surface area (Å²) in [5, 5.41) is 18.7. The van der Waals surface area contributed by atoms with Gasteiger partial charge in [0.25, 0.3) is 0 Å². The van der Waals surface area contributed by atoms with Gasteiger partial charge in [0, 0.05) is 18.8 Å². The monoisotopic (exact) mass is 336 g/mol. The molecule has 0 aliphatic carbocycles. The summed E-state index contributed by atoms with van der Waals surface area (Å²) < 4.78 is 19.9. The number of carbonyl (C=O) groups is 1. The summed E-state index contributed by atoms with van der Waals surface area (Å²) in [4.78, 5) is 11.5. The van der Waals surface area contributed by atoms with Gasteiger partial charge in [0.2, 0.25) is 0 Å². The Hall–Kier alpha value is -3.59. The second kappa shape index (κ2) is 6.49. The molecule has 1 N–H and O–H groups in total. The number of aryl methyl sites for hydroxylation is 1. The zero-order chi connectivity index (χ0) is 18.0. The van der Waals surface area contributed by atoms with E-state index < -0.39 is 5.97 Å². The maximum atomic E-state index is 12.9. The smallest absolute Gasteiger partial charge is 0.353 e. The van der Waals surface area contributed by atoms with E-state index in [0.29, 0.717) is 22.6 Å². The van der Waals surface area contributed by atoms with Gasteiger partial charge in [-0.1, -0.05) is 12.1 Å². The van der Waals surface area contributed by atoms with Crippen LogP contribution in [-0.4, -0.2) is 15.6 Å². The number of nitriles is 1. The lowest BCUT2D eigenvalue weighted by Gasteiger charge is -2.08. The molecule has 0 unspecified atom stereocenters. The summed E-state index contributed by atoms with van der Waals surface area (Å²) in [6, 6.07) is 14.3. The number of aromatic nitrogens is 1. The van der Waals surface area contributed by atoms with E-state index in [2.05, 4.69) is 0 Å². The van der Waals surface area contributed by atoms with Crippen molar-refractivity contribution in [2.24, 2.45) is 7.05 Å². The van der Waals surface area contributed by atoms with Crippen LogP contribution >= 0.6 is 0 Å². The van der Waals surface area contributed by atoms with Gasteiger partial charge >= 0.3 is 5.97 Å². The van der Waals surface area contributed by atoms with Gasteiger partial charge in [-0.15, -0.1) is 0 Å². The normalized spacial score (nSPS) is 10.3. The van der Waals surface area contributed by atoms with Crippen molar-refractivity contribution in [3.63, 3.8) is 0 Å². The van der Waals surface area contributed by atoms with Gasteiger partial charge in [0.15, 0.2) is 0 Å². The molecule has 0 saturated heterocycles. The SMILES string of the molecule is Cn1cc(C#N)c(-c2ccc(Oc3ccc(F)cc3)cc2)c1C(=O)O. The van der Waals surface area contributed by atoms with E-state index in [1.54, 1.807) is 31.3 Å². The number of benzene rings is 2. The van der Waals surface area contributed by atoms with Gasteiger partial charge in [0.1, 0.15) is 29.1 Å². The molecular weight excluding hydrogens is 323 g/mol. The lowest BCUT2D eigenvalue weighted by atomic mass is 10.0. The number of carboxylic acids is 1. The second-order valence-electron chi connectivity index (χ2n) is 5.37. The zero-order valence-electron chi connectivity index (χ0n) is 13.2. The van der Waals surface area contributed by atoms with Crippen LogP contribution in [0.4, 0.5) is 4.39 Å². The Balaban J connectivity index is 1.94. The van der Waals surface area contributed by atoms with Gasteiger partial charge in [-0.05, 0) is 42.0 Å². The molecule has 0 atom stereocenters. The predicted octanol–water partition coefficient (Wildman–Crippen LogP) is 4.19. The van der Waals surface area contributed by atoms with Crippen LogP contribution in [0.3, 0.4) is 0 Å². The van der Waals surface area contributed by atoms with Crippen molar-refractivity contribution in [3.8, 4) is 28.7 Å². The molecule has 6 heteroatoms. The summed E-state index contributed by atoms with van der Waals surface area (Å²) in [7, 11) is 1.58. The predicted molar refractivity (Wildman–Crippen MR) is 89.0 cm³/mol. The lowest BCUT2D eigenvalue weighted by Crippen LogP contribution is -2.05. The van der Waals surface area contributed by atoms with Crippen molar-refractivity contribution < 1.29 is 19.0 Å². The van der Waals surface area contributed by atoms with E-state index in [4.69, 9.17) is 4.74 Å². The van der Waals surface area contributed by atoms with Crippen molar-refractivity contribution in [2.75, 3.05) is 0 Å². The van der Waals surface area contributed by atoms with E-state index >= 15 is 0 Å². The highest BCUT2D eigenvalue weighted by molar-refractivity contribution is 5.96. The Morgan fingerprint density at radius 1 is 1.12 bits per heavy atom. The summed E-state index contributed by atoms with van der Waals surface area (Å²) in [6.07, 6.45) is 1.49. The Bertz CT molecular complexity index is 968. The van der Waals surface area contributed by atoms with Crippen LogP contribution in [-0.2, 0) is 7.05 Å². The summed E-state index contributed by atoms with van der Waals surface area (Å²) >= 11 is 0. The van der Waals surface area contributed by atoms with Gasteiger partial charge in [0.05, 0.1) is 5.56 Å². The molecule has 0 spiro atoms. The number of rotatable bonds is 4. The molecule has 0 amide bonds. The van der Waals surface area contributed by atoms with Crippen LogP contribution in [0.1, 0.15) is 16.1 Å². The van der Waals surface area contributed by atoms with Crippen LogP contribution in [0.15, 0.2) is 54.7 Å². The second-order valence-corrected chi connectivity index (χ2v) is 5.37. The van der Waals surface area contributed by atoms with Gasteiger partial charge in [-0.2, -0.15) is 5.26 Å². The van der Waals surface area contributed by atoms with Crippen molar-refractivity contribution in [2.45, 2.75) is 0 Å². The molecule has 3 rings (SSSR count). The largest absolute Gasteiger partial charge is 0.477 e. The highest BCUT2D eigenvalue weighted by atomic mass is 19.1. The average molecular weight is 336 g/mol. The fourth-order valence-corrected chi connectivity index (χ4v) is 2.59. The number of carboxylic acid groups (broad SMARTS) is 1. The zero-order valence-corrected chi connectivity index (χ0v) is 13.2. The van der Waals surface area contributed by atoms with Crippen molar-refractivity contribution in [3.05, 3.63) is 71.8 Å². The van der Waals surface area contributed by atoms with Crippen molar-refractivity contribution in [1.82, 2.24) is 4.57 Å². The first-order valence-corrected chi connectivity index (χ1v) is 7.36. The van der Waals surface area contributed by atoms with Crippen LogP contribution in [0.25, 0.3) is 11.1 Å². The minimum absolute atomic E-state index is 0.0451. The van der Waals surface area contributed by atoms with E-state index in [0.717, 1.165) is 0 Å². The first-order chi connectivity index (χ1) is 12.0. The first-order valence-electron chi connectivity index (χ1n) is 7.36. The van der Waals surface area contributed by atoms with Gasteiger partial charge < -0.3 is 14.4 Å². The maximum Gasteiger partial charge on any atom is 0.353 e. The standard InChI is InChI=1S/C19H13FN2O3/c1-22-11-13(10-21)17(18(22)19(23)24)12-2-6-15(7-3-12)25-16-8-4-14(20)5-9-16/h2-9,11H,1H3,(H,23,24). The Morgan fingerprint density at radius 2 is 1.68 bits per heavy atom. The molecule has 1 heterocycles. The molecule has 5 nitrogen and oxygen atoms in total. The molecular formula is C19H13FN2O3. The molecule has 0 fully saturated rings. The lowest BCUT2D eigenvalue weighted by molar-refractivity contribution is 0.0687. The minimum Gasteiger partial charge on any atom is -0.477 e. The van der Waals surface area contributed by atoms with Crippen molar-refractivity contribution in [1.29, 1.82) is 5.26 Å². The minimum atomic E-state index is -1.11. The summed E-state index contributed by atoms with van der Waals surface area (Å²) in [5.74, 6) is -0.456. The summed E-state index contributed by atoms with van der Waals surface area (Å²) in [6.45, 7) is 0. The third kappa shape index (κ3) is 3.21. The van der Waals surface area contributed by atoms with E-state index in [9.17, 15) is 19.6 Å². The maximum absolute atomic E-state index is 12.9. The number of halogens is 1. The molecule has 3 aromatic rings. The third-order valence-corrected chi connectivity index (χ3v) is 3.70. The van der Waals surface area contributed by atoms with E-state index in [1.165, 1.54) is 35.0 Å². The molecule has 0 bridgehead atoms. The molecule has 2 aromatic carbocycles. The molecule has 0 aliphatic rings. The number of hydrogen-bond acceptors (Lipinski definition) is 3. The van der Waals surface area contributed by atoms with Crippen LogP contribution in [0.5, 0.6) is 11.5 Å². The molecule has 0 saturated carbocycles. The van der Waals surface area contributed by atoms with E-state index in [1.807, 2.05) is 6.07 Å². The highest BCUT2D eigenvalue weighted by Crippen LogP contribution is 2.31. The molecule has 0 aliphatic heterocycles. The Kier molecular flexibility index (Phi) is 4.23. The summed E-state index contributed by atoms with van der Waals surface area (Å²) in [5.41, 5.74) is 1.29. The number of aromatic carboxylic acids is 1. The molecule has 0 radical (unpaired) electrons. The number of hydrogen-bond donors (Lipinski definition) is 1. The number of ether oxygens (including phenoxy) is 1. The Morgan fingerprint density at radius 3 is 2.20 bits per heavy atom. The molecule has 1 aromatic heterocycles. The topological polar surface area (TPSA) is 75.2 Å². The fourth-order valence-electron chi connectivity index (χ4n) is 2.59. The first kappa shape index (κ1) is 16.3. The number of nitrogens with zero attached hydrogens (tertiary/aromatic N) is 2. The molecule has 25 heavy (non-hydrogen) atoms. The third-order valence-electron chi connectivity index (χ3n) is 3.70. The fraction of sp³-hybridized carbons (Fsp3) is 0.0526. The van der Waals surface area contributed by atoms with Gasteiger partial charge in [-0.3, -0.25) is 0 Å². The van der Waals surface area contributed by atoms with Crippen molar-refractivity contribution >= 4 is 5.97 Å².